The standard InChI is InChI=1S/C18H31NO3S/c1-12-6-5-7-15(13(12)2)19-23(21,22)11-18-9-8-14(10-16(18)20)17(18,3)4/h12-15,19H,5-11H2,1-4H3/t12-,13-,14+,15-,18+/m1/s1. The lowest BCUT2D eigenvalue weighted by Gasteiger charge is -2.38. The second-order valence-electron chi connectivity index (χ2n) is 8.92. The quantitative estimate of drug-likeness (QED) is 0.854. The van der Waals surface area contributed by atoms with Crippen LogP contribution in [-0.2, 0) is 14.8 Å². The van der Waals surface area contributed by atoms with E-state index in [0.29, 0.717) is 24.2 Å². The molecule has 23 heavy (non-hydrogen) atoms. The second-order valence-corrected chi connectivity index (χ2v) is 10.7. The number of ketones is 1. The first kappa shape index (κ1) is 17.4. The predicted molar refractivity (Wildman–Crippen MR) is 91.5 cm³/mol. The van der Waals surface area contributed by atoms with Gasteiger partial charge in [0, 0.05) is 17.9 Å². The van der Waals surface area contributed by atoms with Crippen molar-refractivity contribution in [2.45, 2.75) is 72.3 Å². The van der Waals surface area contributed by atoms with Gasteiger partial charge in [0.25, 0.3) is 0 Å². The van der Waals surface area contributed by atoms with Crippen LogP contribution in [0.3, 0.4) is 0 Å². The number of sulfonamides is 1. The highest BCUT2D eigenvalue weighted by Crippen LogP contribution is 2.64. The average molecular weight is 342 g/mol. The van der Waals surface area contributed by atoms with E-state index in [4.69, 9.17) is 0 Å². The average Bonchev–Trinajstić information content (AvgIpc) is 2.77. The van der Waals surface area contributed by atoms with E-state index in [1.165, 1.54) is 6.42 Å². The topological polar surface area (TPSA) is 63.2 Å². The predicted octanol–water partition coefficient (Wildman–Crippen LogP) is 3.13. The molecule has 132 valence electrons. The van der Waals surface area contributed by atoms with Gasteiger partial charge < -0.3 is 0 Å². The lowest BCUT2D eigenvalue weighted by molar-refractivity contribution is -0.128. The van der Waals surface area contributed by atoms with Crippen LogP contribution in [0.25, 0.3) is 0 Å². The Morgan fingerprint density at radius 1 is 1.17 bits per heavy atom. The van der Waals surface area contributed by atoms with Gasteiger partial charge in [-0.05, 0) is 42.4 Å². The Balaban J connectivity index is 1.78. The summed E-state index contributed by atoms with van der Waals surface area (Å²) in [6.07, 6.45) is 5.47. The number of fused-ring (bicyclic) bond motifs is 2. The number of carbonyl (C=O) groups excluding carboxylic acids is 1. The van der Waals surface area contributed by atoms with Gasteiger partial charge in [0.1, 0.15) is 5.78 Å². The molecule has 3 aliphatic carbocycles. The van der Waals surface area contributed by atoms with Crippen LogP contribution in [0.1, 0.15) is 66.2 Å². The highest BCUT2D eigenvalue weighted by atomic mass is 32.2. The van der Waals surface area contributed by atoms with Crippen molar-refractivity contribution in [2.24, 2.45) is 28.6 Å². The van der Waals surface area contributed by atoms with E-state index in [-0.39, 0.29) is 23.0 Å². The van der Waals surface area contributed by atoms with Gasteiger partial charge >= 0.3 is 0 Å². The Hall–Kier alpha value is -0.420. The molecule has 3 rings (SSSR count). The number of nitrogens with one attached hydrogen (secondary N) is 1. The molecule has 0 saturated heterocycles. The largest absolute Gasteiger partial charge is 0.299 e. The van der Waals surface area contributed by atoms with Crippen molar-refractivity contribution in [3.63, 3.8) is 0 Å². The number of Topliss-reactive ketones (excluding diaryl/α,β-unsaturated/α-hetero) is 1. The molecule has 0 spiro atoms. The van der Waals surface area contributed by atoms with Gasteiger partial charge in [-0.15, -0.1) is 0 Å². The molecular formula is C18H31NO3S. The molecule has 2 bridgehead atoms. The maximum Gasteiger partial charge on any atom is 0.212 e. The summed E-state index contributed by atoms with van der Waals surface area (Å²) in [7, 11) is -3.44. The lowest BCUT2D eigenvalue weighted by atomic mass is 9.70. The van der Waals surface area contributed by atoms with Crippen LogP contribution in [0.15, 0.2) is 0 Å². The van der Waals surface area contributed by atoms with Gasteiger partial charge in [0.05, 0.1) is 5.75 Å². The summed E-state index contributed by atoms with van der Waals surface area (Å²) in [5.74, 6) is 1.43. The zero-order chi connectivity index (χ0) is 17.0. The molecule has 0 unspecified atom stereocenters. The van der Waals surface area contributed by atoms with Crippen LogP contribution >= 0.6 is 0 Å². The van der Waals surface area contributed by atoms with Crippen molar-refractivity contribution >= 4 is 15.8 Å². The summed E-state index contributed by atoms with van der Waals surface area (Å²) in [6.45, 7) is 8.54. The van der Waals surface area contributed by atoms with Crippen molar-refractivity contribution in [2.75, 3.05) is 5.75 Å². The summed E-state index contributed by atoms with van der Waals surface area (Å²) in [5.41, 5.74) is -0.850. The zero-order valence-electron chi connectivity index (χ0n) is 14.9. The molecule has 3 saturated carbocycles. The Bertz CT molecular complexity index is 597. The third-order valence-electron chi connectivity index (χ3n) is 7.61. The van der Waals surface area contributed by atoms with Crippen molar-refractivity contribution in [3.05, 3.63) is 0 Å². The SMILES string of the molecule is C[C@@H]1[C@H](C)CCC[C@H]1NS(=O)(=O)C[C@@]12CC[C@@H](CC1=O)C2(C)C. The van der Waals surface area contributed by atoms with E-state index in [1.54, 1.807) is 0 Å². The van der Waals surface area contributed by atoms with Gasteiger partial charge in [-0.25, -0.2) is 13.1 Å². The number of rotatable bonds is 4. The van der Waals surface area contributed by atoms with Gasteiger partial charge in [0.15, 0.2) is 0 Å². The molecule has 0 aromatic carbocycles. The van der Waals surface area contributed by atoms with E-state index in [1.807, 2.05) is 0 Å². The first-order chi connectivity index (χ1) is 10.6. The van der Waals surface area contributed by atoms with Gasteiger partial charge in [-0.3, -0.25) is 4.79 Å². The highest BCUT2D eigenvalue weighted by molar-refractivity contribution is 7.89. The summed E-state index contributed by atoms with van der Waals surface area (Å²) < 4.78 is 28.7. The van der Waals surface area contributed by atoms with Gasteiger partial charge in [-0.2, -0.15) is 0 Å². The fourth-order valence-corrected chi connectivity index (χ4v) is 7.66. The molecular weight excluding hydrogens is 310 g/mol. The number of hydrogen-bond donors (Lipinski definition) is 1. The van der Waals surface area contributed by atoms with E-state index >= 15 is 0 Å². The highest BCUT2D eigenvalue weighted by Gasteiger charge is 2.65. The van der Waals surface area contributed by atoms with Crippen molar-refractivity contribution in [3.8, 4) is 0 Å². The van der Waals surface area contributed by atoms with Crippen LogP contribution in [0.4, 0.5) is 0 Å². The monoisotopic (exact) mass is 341 g/mol. The fourth-order valence-electron chi connectivity index (χ4n) is 5.45. The van der Waals surface area contributed by atoms with Crippen molar-refractivity contribution in [1.82, 2.24) is 4.72 Å². The minimum Gasteiger partial charge on any atom is -0.299 e. The molecule has 3 aliphatic rings. The first-order valence-electron chi connectivity index (χ1n) is 9.12. The Morgan fingerprint density at radius 3 is 2.43 bits per heavy atom. The van der Waals surface area contributed by atoms with Crippen LogP contribution in [0, 0.1) is 28.6 Å². The van der Waals surface area contributed by atoms with E-state index < -0.39 is 15.4 Å². The minimum absolute atomic E-state index is 0.0140. The zero-order valence-corrected chi connectivity index (χ0v) is 15.7. The number of hydrogen-bond acceptors (Lipinski definition) is 3. The smallest absolute Gasteiger partial charge is 0.212 e. The molecule has 5 atom stereocenters. The Labute approximate surface area is 140 Å². The van der Waals surface area contributed by atoms with Crippen LogP contribution in [-0.4, -0.2) is 26.0 Å². The van der Waals surface area contributed by atoms with Crippen LogP contribution in [0.2, 0.25) is 0 Å². The molecule has 0 aliphatic heterocycles. The molecule has 0 radical (unpaired) electrons. The molecule has 0 amide bonds. The van der Waals surface area contributed by atoms with Crippen molar-refractivity contribution < 1.29 is 13.2 Å². The van der Waals surface area contributed by atoms with E-state index in [9.17, 15) is 13.2 Å². The maximum absolute atomic E-state index is 12.9. The van der Waals surface area contributed by atoms with Crippen molar-refractivity contribution in [1.29, 1.82) is 0 Å². The summed E-state index contributed by atoms with van der Waals surface area (Å²) in [6, 6.07) is 0.0250. The Morgan fingerprint density at radius 2 is 1.87 bits per heavy atom. The third-order valence-corrected chi connectivity index (χ3v) is 9.15. The molecule has 4 nitrogen and oxygen atoms in total. The first-order valence-corrected chi connectivity index (χ1v) is 10.8. The van der Waals surface area contributed by atoms with Crippen LogP contribution in [0.5, 0.6) is 0 Å². The molecule has 1 N–H and O–H groups in total. The maximum atomic E-state index is 12.9. The summed E-state index contributed by atoms with van der Waals surface area (Å²) >= 11 is 0. The van der Waals surface area contributed by atoms with Gasteiger partial charge in [0.2, 0.25) is 10.0 Å². The third kappa shape index (κ3) is 2.68. The molecule has 3 fully saturated rings. The molecule has 0 heterocycles. The number of carbonyl (C=O) groups is 1. The normalized spacial score (nSPS) is 43.0. The van der Waals surface area contributed by atoms with Crippen LogP contribution < -0.4 is 4.72 Å². The van der Waals surface area contributed by atoms with E-state index in [0.717, 1.165) is 25.7 Å². The molecule has 0 aromatic rings. The summed E-state index contributed by atoms with van der Waals surface area (Å²) in [4.78, 5) is 12.6. The fraction of sp³-hybridized carbons (Fsp3) is 0.944. The Kier molecular flexibility index (Phi) is 4.20. The minimum atomic E-state index is -3.44. The summed E-state index contributed by atoms with van der Waals surface area (Å²) in [5, 5.41) is 0. The second kappa shape index (κ2) is 5.55. The lowest BCUT2D eigenvalue weighted by Crippen LogP contribution is -2.50. The molecule has 5 heteroatoms. The van der Waals surface area contributed by atoms with E-state index in [2.05, 4.69) is 32.4 Å². The van der Waals surface area contributed by atoms with Gasteiger partial charge in [-0.1, -0.05) is 40.5 Å². The molecule has 0 aromatic heterocycles.